The Bertz CT molecular complexity index is 653. The first-order valence-electron chi connectivity index (χ1n) is 6.24. The van der Waals surface area contributed by atoms with Gasteiger partial charge in [0.05, 0.1) is 7.11 Å². The maximum absolute atomic E-state index is 12.4. The first-order valence-corrected chi connectivity index (χ1v) is 7.04. The van der Waals surface area contributed by atoms with E-state index in [9.17, 15) is 4.79 Å². The maximum atomic E-state index is 12.4. The van der Waals surface area contributed by atoms with Crippen molar-refractivity contribution in [1.29, 1.82) is 0 Å². The highest BCUT2D eigenvalue weighted by atomic mass is 79.9. The second-order valence-corrected chi connectivity index (χ2v) is 5.35. The molecule has 0 spiro atoms. The number of amides is 1. The second-order valence-electron chi connectivity index (χ2n) is 4.50. The predicted octanol–water partition coefficient (Wildman–Crippen LogP) is 4.33. The summed E-state index contributed by atoms with van der Waals surface area (Å²) in [5.41, 5.74) is 3.25. The Morgan fingerprint density at radius 3 is 2.50 bits per heavy atom. The lowest BCUT2D eigenvalue weighted by molar-refractivity contribution is 0.102. The molecule has 0 bridgehead atoms. The van der Waals surface area contributed by atoms with E-state index in [2.05, 4.69) is 21.2 Å². The van der Waals surface area contributed by atoms with Crippen molar-refractivity contribution in [3.63, 3.8) is 0 Å². The highest BCUT2D eigenvalue weighted by Gasteiger charge is 2.13. The first-order chi connectivity index (χ1) is 9.54. The van der Waals surface area contributed by atoms with Crippen LogP contribution in [0.2, 0.25) is 0 Å². The number of ether oxygens (including phenoxy) is 1. The highest BCUT2D eigenvalue weighted by molar-refractivity contribution is 9.10. The highest BCUT2D eigenvalue weighted by Crippen LogP contribution is 2.25. The monoisotopic (exact) mass is 333 g/mol. The van der Waals surface area contributed by atoms with Gasteiger partial charge in [0.1, 0.15) is 5.75 Å². The number of methoxy groups -OCH3 is 1. The zero-order chi connectivity index (χ0) is 14.7. The summed E-state index contributed by atoms with van der Waals surface area (Å²) in [7, 11) is 1.60. The quantitative estimate of drug-likeness (QED) is 0.907. The van der Waals surface area contributed by atoms with Crippen LogP contribution in [0.4, 0.5) is 5.69 Å². The molecule has 0 fully saturated rings. The molecule has 0 radical (unpaired) electrons. The Balaban J connectivity index is 2.31. The van der Waals surface area contributed by atoms with Crippen molar-refractivity contribution in [2.45, 2.75) is 13.8 Å². The summed E-state index contributed by atoms with van der Waals surface area (Å²) in [6.07, 6.45) is 0. The number of anilines is 1. The zero-order valence-electron chi connectivity index (χ0n) is 11.7. The van der Waals surface area contributed by atoms with Gasteiger partial charge in [-0.15, -0.1) is 0 Å². The van der Waals surface area contributed by atoms with Crippen molar-refractivity contribution in [2.75, 3.05) is 12.4 Å². The van der Waals surface area contributed by atoms with Crippen LogP contribution < -0.4 is 10.1 Å². The van der Waals surface area contributed by atoms with Gasteiger partial charge in [0, 0.05) is 21.3 Å². The van der Waals surface area contributed by atoms with Crippen molar-refractivity contribution < 1.29 is 9.53 Å². The van der Waals surface area contributed by atoms with Gasteiger partial charge in [-0.3, -0.25) is 4.79 Å². The summed E-state index contributed by atoms with van der Waals surface area (Å²) in [5.74, 6) is 0.575. The van der Waals surface area contributed by atoms with Gasteiger partial charge in [-0.1, -0.05) is 28.1 Å². The summed E-state index contributed by atoms with van der Waals surface area (Å²) in [4.78, 5) is 12.4. The molecule has 1 N–H and O–H groups in total. The average Bonchev–Trinajstić information content (AvgIpc) is 2.44. The van der Waals surface area contributed by atoms with Crippen LogP contribution in [0, 0.1) is 13.8 Å². The van der Waals surface area contributed by atoms with Crippen LogP contribution in [0.15, 0.2) is 40.9 Å². The number of hydrogen-bond acceptors (Lipinski definition) is 2. The summed E-state index contributed by atoms with van der Waals surface area (Å²) >= 11 is 3.46. The third-order valence-corrected chi connectivity index (χ3v) is 4.12. The standard InChI is InChI=1S/C16H16BrNO2/c1-10-12(6-4-9-15(10)20-3)16(19)18-14-8-5-7-13(17)11(14)2/h4-9H,1-3H3,(H,18,19). The number of carbonyl (C=O) groups excluding carboxylic acids is 1. The number of rotatable bonds is 3. The number of benzene rings is 2. The number of nitrogens with one attached hydrogen (secondary N) is 1. The van der Waals surface area contributed by atoms with Gasteiger partial charge in [0.25, 0.3) is 5.91 Å². The van der Waals surface area contributed by atoms with Gasteiger partial charge < -0.3 is 10.1 Å². The Labute approximate surface area is 127 Å². The lowest BCUT2D eigenvalue weighted by Gasteiger charge is -2.12. The molecular weight excluding hydrogens is 318 g/mol. The Kier molecular flexibility index (Phi) is 4.45. The largest absolute Gasteiger partial charge is 0.496 e. The minimum absolute atomic E-state index is 0.136. The number of halogens is 1. The minimum Gasteiger partial charge on any atom is -0.496 e. The van der Waals surface area contributed by atoms with Crippen LogP contribution in [0.3, 0.4) is 0 Å². The zero-order valence-corrected chi connectivity index (χ0v) is 13.2. The van der Waals surface area contributed by atoms with Crippen molar-refractivity contribution in [1.82, 2.24) is 0 Å². The van der Waals surface area contributed by atoms with E-state index in [0.717, 1.165) is 21.3 Å². The van der Waals surface area contributed by atoms with Crippen molar-refractivity contribution in [2.24, 2.45) is 0 Å². The first kappa shape index (κ1) is 14.6. The number of carbonyl (C=O) groups is 1. The molecule has 3 nitrogen and oxygen atoms in total. The van der Waals surface area contributed by atoms with Gasteiger partial charge >= 0.3 is 0 Å². The molecule has 0 aliphatic rings. The topological polar surface area (TPSA) is 38.3 Å². The fourth-order valence-electron chi connectivity index (χ4n) is 2.01. The van der Waals surface area contributed by atoms with Crippen molar-refractivity contribution in [3.8, 4) is 5.75 Å². The van der Waals surface area contributed by atoms with Crippen LogP contribution in [0.1, 0.15) is 21.5 Å². The smallest absolute Gasteiger partial charge is 0.256 e. The van der Waals surface area contributed by atoms with Gasteiger partial charge in [-0.05, 0) is 43.7 Å². The fraction of sp³-hybridized carbons (Fsp3) is 0.188. The SMILES string of the molecule is COc1cccc(C(=O)Nc2cccc(Br)c2C)c1C. The van der Waals surface area contributed by atoms with Crippen LogP contribution in [0.5, 0.6) is 5.75 Å². The molecule has 0 saturated carbocycles. The molecule has 0 aliphatic heterocycles. The predicted molar refractivity (Wildman–Crippen MR) is 84.6 cm³/mol. The Morgan fingerprint density at radius 2 is 1.80 bits per heavy atom. The Morgan fingerprint density at radius 1 is 1.10 bits per heavy atom. The van der Waals surface area contributed by atoms with E-state index in [1.165, 1.54) is 0 Å². The number of hydrogen-bond donors (Lipinski definition) is 1. The molecule has 2 aromatic rings. The van der Waals surface area contributed by atoms with E-state index in [-0.39, 0.29) is 5.91 Å². The molecule has 0 atom stereocenters. The molecule has 104 valence electrons. The van der Waals surface area contributed by atoms with Crippen molar-refractivity contribution >= 4 is 27.5 Å². The summed E-state index contributed by atoms with van der Waals surface area (Å²) in [5, 5.41) is 2.93. The molecule has 2 aromatic carbocycles. The molecular formula is C16H16BrNO2. The molecule has 1 amide bonds. The van der Waals surface area contributed by atoms with Gasteiger partial charge in [-0.25, -0.2) is 0 Å². The van der Waals surface area contributed by atoms with E-state index in [1.54, 1.807) is 13.2 Å². The normalized spacial score (nSPS) is 10.2. The van der Waals surface area contributed by atoms with Gasteiger partial charge in [0.2, 0.25) is 0 Å². The lowest BCUT2D eigenvalue weighted by atomic mass is 10.1. The molecule has 2 rings (SSSR count). The second kappa shape index (κ2) is 6.09. The van der Waals surface area contributed by atoms with Crippen LogP contribution in [-0.2, 0) is 0 Å². The third kappa shape index (κ3) is 2.85. The minimum atomic E-state index is -0.136. The molecule has 0 aromatic heterocycles. The maximum Gasteiger partial charge on any atom is 0.256 e. The van der Waals surface area contributed by atoms with Crippen LogP contribution in [0.25, 0.3) is 0 Å². The molecule has 0 unspecified atom stereocenters. The molecule has 4 heteroatoms. The Hall–Kier alpha value is -1.81. The van der Waals surface area contributed by atoms with E-state index in [0.29, 0.717) is 11.3 Å². The van der Waals surface area contributed by atoms with E-state index < -0.39 is 0 Å². The fourth-order valence-corrected chi connectivity index (χ4v) is 2.38. The van der Waals surface area contributed by atoms with Crippen molar-refractivity contribution in [3.05, 3.63) is 57.6 Å². The van der Waals surface area contributed by atoms with Gasteiger partial charge in [0.15, 0.2) is 0 Å². The summed E-state index contributed by atoms with van der Waals surface area (Å²) in [6, 6.07) is 11.2. The molecule has 20 heavy (non-hydrogen) atoms. The molecule has 0 aliphatic carbocycles. The van der Waals surface area contributed by atoms with E-state index >= 15 is 0 Å². The van der Waals surface area contributed by atoms with E-state index in [4.69, 9.17) is 4.74 Å². The molecule has 0 saturated heterocycles. The van der Waals surface area contributed by atoms with Crippen LogP contribution >= 0.6 is 15.9 Å². The summed E-state index contributed by atoms with van der Waals surface area (Å²) in [6.45, 7) is 3.83. The van der Waals surface area contributed by atoms with Crippen LogP contribution in [-0.4, -0.2) is 13.0 Å². The third-order valence-electron chi connectivity index (χ3n) is 3.26. The van der Waals surface area contributed by atoms with E-state index in [1.807, 2.05) is 44.2 Å². The van der Waals surface area contributed by atoms with Gasteiger partial charge in [-0.2, -0.15) is 0 Å². The molecule has 0 heterocycles. The summed E-state index contributed by atoms with van der Waals surface area (Å²) < 4.78 is 6.21. The lowest BCUT2D eigenvalue weighted by Crippen LogP contribution is -2.14. The average molecular weight is 334 g/mol.